The molecule has 1 atom stereocenters. The maximum absolute atomic E-state index is 13.5. The number of carbonyl (C=O) groups is 3. The van der Waals surface area contributed by atoms with E-state index in [0.717, 1.165) is 0 Å². The Hall–Kier alpha value is -3.73. The molecule has 0 aliphatic carbocycles. The van der Waals surface area contributed by atoms with Crippen molar-refractivity contribution >= 4 is 29.2 Å². The molecule has 1 unspecified atom stereocenters. The molecule has 2 N–H and O–H groups in total. The summed E-state index contributed by atoms with van der Waals surface area (Å²) in [5.41, 5.74) is 1.31. The number of amides is 2. The quantitative estimate of drug-likeness (QED) is 0.745. The number of nitriles is 1. The highest BCUT2D eigenvalue weighted by Gasteiger charge is 2.19. The fraction of sp³-hybridized carbons (Fsp3) is 0.200. The lowest BCUT2D eigenvalue weighted by atomic mass is 10.2. The largest absolute Gasteiger partial charge is 0.449 e. The van der Waals surface area contributed by atoms with Crippen molar-refractivity contribution in [1.29, 1.82) is 5.26 Å². The molecule has 0 heterocycles. The average Bonchev–Trinajstić information content (AvgIpc) is 2.65. The Bertz CT molecular complexity index is 935. The van der Waals surface area contributed by atoms with Crippen LogP contribution < -0.4 is 10.6 Å². The van der Waals surface area contributed by atoms with Gasteiger partial charge in [0, 0.05) is 11.4 Å². The SMILES string of the molecule is Cc1ccc(NC(=O)C(C)OC(=O)c2ccc(NC(=O)CC#N)cc2)cc1F. The molecule has 0 saturated heterocycles. The minimum absolute atomic E-state index is 0.180. The Morgan fingerprint density at radius 1 is 1.11 bits per heavy atom. The molecular weight excluding hydrogens is 365 g/mol. The van der Waals surface area contributed by atoms with Crippen molar-refractivity contribution in [2.75, 3.05) is 10.6 Å². The second-order valence-electron chi connectivity index (χ2n) is 5.96. The van der Waals surface area contributed by atoms with Crippen LogP contribution in [0.4, 0.5) is 15.8 Å². The van der Waals surface area contributed by atoms with Crippen molar-refractivity contribution in [2.45, 2.75) is 26.4 Å². The fourth-order valence-corrected chi connectivity index (χ4v) is 2.16. The number of rotatable bonds is 6. The Balaban J connectivity index is 1.93. The third-order valence-electron chi connectivity index (χ3n) is 3.74. The topological polar surface area (TPSA) is 108 Å². The molecule has 0 fully saturated rings. The summed E-state index contributed by atoms with van der Waals surface area (Å²) < 4.78 is 18.6. The van der Waals surface area contributed by atoms with Gasteiger partial charge in [0.2, 0.25) is 5.91 Å². The van der Waals surface area contributed by atoms with Crippen LogP contribution in [0.3, 0.4) is 0 Å². The summed E-state index contributed by atoms with van der Waals surface area (Å²) in [5, 5.41) is 13.4. The molecule has 0 spiro atoms. The number of nitrogens with one attached hydrogen (secondary N) is 2. The molecule has 0 bridgehead atoms. The zero-order chi connectivity index (χ0) is 20.7. The van der Waals surface area contributed by atoms with Crippen molar-refractivity contribution in [3.8, 4) is 6.07 Å². The number of ether oxygens (including phenoxy) is 1. The van der Waals surface area contributed by atoms with E-state index < -0.39 is 29.7 Å². The number of anilines is 2. The third kappa shape index (κ3) is 5.64. The number of nitrogens with zero attached hydrogens (tertiary/aromatic N) is 1. The van der Waals surface area contributed by atoms with Gasteiger partial charge >= 0.3 is 5.97 Å². The number of esters is 1. The van der Waals surface area contributed by atoms with E-state index in [9.17, 15) is 18.8 Å². The fourth-order valence-electron chi connectivity index (χ4n) is 2.16. The number of benzene rings is 2. The second kappa shape index (κ2) is 9.28. The Labute approximate surface area is 161 Å². The monoisotopic (exact) mass is 383 g/mol. The van der Waals surface area contributed by atoms with Gasteiger partial charge in [0.05, 0.1) is 11.6 Å². The summed E-state index contributed by atoms with van der Waals surface area (Å²) in [6.45, 7) is 3.00. The van der Waals surface area contributed by atoms with Gasteiger partial charge in [0.1, 0.15) is 12.2 Å². The van der Waals surface area contributed by atoms with E-state index in [-0.39, 0.29) is 17.7 Å². The maximum atomic E-state index is 13.5. The van der Waals surface area contributed by atoms with Crippen LogP contribution in [0.2, 0.25) is 0 Å². The van der Waals surface area contributed by atoms with Gasteiger partial charge in [0.15, 0.2) is 6.10 Å². The lowest BCUT2D eigenvalue weighted by molar-refractivity contribution is -0.123. The predicted molar refractivity (Wildman–Crippen MR) is 99.9 cm³/mol. The number of carbonyl (C=O) groups excluding carboxylic acids is 3. The van der Waals surface area contributed by atoms with Gasteiger partial charge in [-0.3, -0.25) is 9.59 Å². The molecule has 0 aliphatic heterocycles. The van der Waals surface area contributed by atoms with Gasteiger partial charge in [-0.15, -0.1) is 0 Å². The van der Waals surface area contributed by atoms with Crippen LogP contribution in [0.1, 0.15) is 29.3 Å². The Kier molecular flexibility index (Phi) is 6.82. The first-order valence-corrected chi connectivity index (χ1v) is 8.35. The molecule has 144 valence electrons. The van der Waals surface area contributed by atoms with Crippen LogP contribution >= 0.6 is 0 Å². The predicted octanol–water partition coefficient (Wildman–Crippen LogP) is 3.17. The van der Waals surface area contributed by atoms with E-state index in [1.807, 2.05) is 0 Å². The van der Waals surface area contributed by atoms with Crippen LogP contribution in [0.15, 0.2) is 42.5 Å². The Morgan fingerprint density at radius 2 is 1.75 bits per heavy atom. The van der Waals surface area contributed by atoms with E-state index >= 15 is 0 Å². The smallest absolute Gasteiger partial charge is 0.338 e. The first-order valence-electron chi connectivity index (χ1n) is 8.35. The highest BCUT2D eigenvalue weighted by Crippen LogP contribution is 2.15. The first kappa shape index (κ1) is 20.6. The molecule has 2 rings (SSSR count). The van der Waals surface area contributed by atoms with Crippen molar-refractivity contribution < 1.29 is 23.5 Å². The lowest BCUT2D eigenvalue weighted by Crippen LogP contribution is -2.30. The highest BCUT2D eigenvalue weighted by atomic mass is 19.1. The van der Waals surface area contributed by atoms with Gasteiger partial charge in [-0.05, 0) is 55.8 Å². The van der Waals surface area contributed by atoms with Crippen molar-refractivity contribution in [2.24, 2.45) is 0 Å². The van der Waals surface area contributed by atoms with E-state index in [2.05, 4.69) is 10.6 Å². The van der Waals surface area contributed by atoms with Crippen LogP contribution in [0.5, 0.6) is 0 Å². The van der Waals surface area contributed by atoms with E-state index in [1.165, 1.54) is 43.3 Å². The second-order valence-corrected chi connectivity index (χ2v) is 5.96. The summed E-state index contributed by atoms with van der Waals surface area (Å²) in [7, 11) is 0. The number of hydrogen-bond acceptors (Lipinski definition) is 5. The van der Waals surface area contributed by atoms with Gasteiger partial charge in [-0.2, -0.15) is 5.26 Å². The van der Waals surface area contributed by atoms with Crippen LogP contribution in [0.25, 0.3) is 0 Å². The standard InChI is InChI=1S/C20H18FN3O4/c1-12-3-6-16(11-17(12)21)24-19(26)13(2)28-20(27)14-4-7-15(8-5-14)23-18(25)9-10-22/h3-8,11,13H,9H2,1-2H3,(H,23,25)(H,24,26). The molecule has 0 radical (unpaired) electrons. The molecule has 0 saturated carbocycles. The summed E-state index contributed by atoms with van der Waals surface area (Å²) in [4.78, 5) is 35.6. The number of aryl methyl sites for hydroxylation is 1. The minimum atomic E-state index is -1.10. The summed E-state index contributed by atoms with van der Waals surface area (Å²) in [6, 6.07) is 11.8. The molecule has 28 heavy (non-hydrogen) atoms. The minimum Gasteiger partial charge on any atom is -0.449 e. The van der Waals surface area contributed by atoms with Crippen LogP contribution in [-0.4, -0.2) is 23.9 Å². The molecule has 2 aromatic carbocycles. The van der Waals surface area contributed by atoms with Crippen LogP contribution in [-0.2, 0) is 14.3 Å². The Morgan fingerprint density at radius 3 is 2.36 bits per heavy atom. The first-order chi connectivity index (χ1) is 13.3. The summed E-state index contributed by atoms with van der Waals surface area (Å²) in [5.74, 6) is -2.25. The lowest BCUT2D eigenvalue weighted by Gasteiger charge is -2.14. The van der Waals surface area contributed by atoms with Gasteiger partial charge < -0.3 is 15.4 Å². The molecule has 7 nitrogen and oxygen atoms in total. The average molecular weight is 383 g/mol. The summed E-state index contributed by atoms with van der Waals surface area (Å²) >= 11 is 0. The van der Waals surface area contributed by atoms with E-state index in [4.69, 9.17) is 10.00 Å². The molecular formula is C20H18FN3O4. The van der Waals surface area contributed by atoms with Crippen molar-refractivity contribution in [1.82, 2.24) is 0 Å². The molecule has 0 aromatic heterocycles. The highest BCUT2D eigenvalue weighted by molar-refractivity contribution is 5.98. The molecule has 8 heteroatoms. The van der Waals surface area contributed by atoms with Gasteiger partial charge in [-0.1, -0.05) is 6.07 Å². The molecule has 2 amide bonds. The van der Waals surface area contributed by atoms with Gasteiger partial charge in [0.25, 0.3) is 5.91 Å². The normalized spacial score (nSPS) is 11.1. The zero-order valence-corrected chi connectivity index (χ0v) is 15.3. The van der Waals surface area contributed by atoms with Crippen molar-refractivity contribution in [3.05, 3.63) is 59.4 Å². The third-order valence-corrected chi connectivity index (χ3v) is 3.74. The maximum Gasteiger partial charge on any atom is 0.338 e. The number of halogens is 1. The van der Waals surface area contributed by atoms with Crippen LogP contribution in [0, 0.1) is 24.1 Å². The zero-order valence-electron chi connectivity index (χ0n) is 15.3. The van der Waals surface area contributed by atoms with Gasteiger partial charge in [-0.25, -0.2) is 9.18 Å². The van der Waals surface area contributed by atoms with Crippen molar-refractivity contribution in [3.63, 3.8) is 0 Å². The number of hydrogen-bond donors (Lipinski definition) is 2. The molecule has 0 aliphatic rings. The summed E-state index contributed by atoms with van der Waals surface area (Å²) in [6.07, 6.45) is -1.38. The molecule has 2 aromatic rings. The van der Waals surface area contributed by atoms with E-state index in [0.29, 0.717) is 11.3 Å². The van der Waals surface area contributed by atoms with E-state index in [1.54, 1.807) is 19.1 Å².